The number of benzene rings is 1. The van der Waals surface area contributed by atoms with Crippen molar-refractivity contribution >= 4 is 12.4 Å². The maximum absolute atomic E-state index is 13.7. The summed E-state index contributed by atoms with van der Waals surface area (Å²) in [6.07, 6.45) is 0. The zero-order valence-corrected chi connectivity index (χ0v) is 12.2. The molecule has 7 heteroatoms. The Morgan fingerprint density at radius 1 is 1.40 bits per heavy atom. The highest BCUT2D eigenvalue weighted by Gasteiger charge is 2.17. The molecule has 5 nitrogen and oxygen atoms in total. The van der Waals surface area contributed by atoms with Gasteiger partial charge in [0.15, 0.2) is 5.82 Å². The zero-order valence-electron chi connectivity index (χ0n) is 11.4. The average molecular weight is 301 g/mol. The standard InChI is InChI=1S/C13H17FN4O.ClH/c1-9(10-5-3-4-6-11(10)14)18(2)8-12-16-13(7-15)19-17-12;/h3-6,9H,7-8,15H2,1-2H3;1H. The van der Waals surface area contributed by atoms with Gasteiger partial charge in [-0.3, -0.25) is 4.90 Å². The Labute approximate surface area is 123 Å². The van der Waals surface area contributed by atoms with Crippen molar-refractivity contribution in [1.29, 1.82) is 0 Å². The van der Waals surface area contributed by atoms with Gasteiger partial charge >= 0.3 is 0 Å². The fraction of sp³-hybridized carbons (Fsp3) is 0.385. The van der Waals surface area contributed by atoms with Crippen LogP contribution in [0.2, 0.25) is 0 Å². The molecule has 1 heterocycles. The average Bonchev–Trinajstić information content (AvgIpc) is 2.86. The quantitative estimate of drug-likeness (QED) is 0.917. The summed E-state index contributed by atoms with van der Waals surface area (Å²) < 4.78 is 18.6. The predicted molar refractivity (Wildman–Crippen MR) is 75.7 cm³/mol. The van der Waals surface area contributed by atoms with E-state index < -0.39 is 0 Å². The van der Waals surface area contributed by atoms with E-state index in [1.807, 2.05) is 24.9 Å². The number of aromatic nitrogens is 2. The van der Waals surface area contributed by atoms with E-state index in [1.165, 1.54) is 6.07 Å². The number of halogens is 2. The molecule has 0 aliphatic heterocycles. The SMILES string of the molecule is CC(c1ccccc1F)N(C)Cc1noc(CN)n1.Cl. The summed E-state index contributed by atoms with van der Waals surface area (Å²) in [7, 11) is 1.88. The summed E-state index contributed by atoms with van der Waals surface area (Å²) in [5.41, 5.74) is 6.05. The Bertz CT molecular complexity index is 549. The van der Waals surface area contributed by atoms with Gasteiger partial charge in [0.05, 0.1) is 13.1 Å². The van der Waals surface area contributed by atoms with Crippen molar-refractivity contribution in [3.63, 3.8) is 0 Å². The summed E-state index contributed by atoms with van der Waals surface area (Å²) in [6.45, 7) is 2.63. The van der Waals surface area contributed by atoms with E-state index >= 15 is 0 Å². The summed E-state index contributed by atoms with van der Waals surface area (Å²) in [6, 6.07) is 6.65. The monoisotopic (exact) mass is 300 g/mol. The highest BCUT2D eigenvalue weighted by atomic mass is 35.5. The largest absolute Gasteiger partial charge is 0.338 e. The Balaban J connectivity index is 0.00000200. The van der Waals surface area contributed by atoms with Crippen LogP contribution in [0.4, 0.5) is 4.39 Å². The third kappa shape index (κ3) is 3.75. The van der Waals surface area contributed by atoms with Crippen molar-refractivity contribution in [3.05, 3.63) is 47.4 Å². The molecule has 0 aliphatic carbocycles. The van der Waals surface area contributed by atoms with E-state index in [-0.39, 0.29) is 30.8 Å². The second kappa shape index (κ2) is 7.33. The summed E-state index contributed by atoms with van der Waals surface area (Å²) in [5, 5.41) is 3.82. The van der Waals surface area contributed by atoms with Crippen LogP contribution in [0.3, 0.4) is 0 Å². The summed E-state index contributed by atoms with van der Waals surface area (Å²) >= 11 is 0. The summed E-state index contributed by atoms with van der Waals surface area (Å²) in [5.74, 6) is 0.741. The second-order valence-electron chi connectivity index (χ2n) is 4.42. The molecule has 0 saturated heterocycles. The van der Waals surface area contributed by atoms with Gasteiger partial charge < -0.3 is 10.3 Å². The fourth-order valence-electron chi connectivity index (χ4n) is 1.85. The molecule has 110 valence electrons. The van der Waals surface area contributed by atoms with Crippen molar-refractivity contribution in [2.24, 2.45) is 5.73 Å². The first kappa shape index (κ1) is 16.6. The van der Waals surface area contributed by atoms with Crippen LogP contribution < -0.4 is 5.73 Å². The summed E-state index contributed by atoms with van der Waals surface area (Å²) in [4.78, 5) is 6.08. The van der Waals surface area contributed by atoms with Gasteiger partial charge in [0, 0.05) is 11.6 Å². The molecule has 2 N–H and O–H groups in total. The smallest absolute Gasteiger partial charge is 0.240 e. The zero-order chi connectivity index (χ0) is 13.8. The maximum Gasteiger partial charge on any atom is 0.240 e. The van der Waals surface area contributed by atoms with E-state index in [1.54, 1.807) is 12.1 Å². The van der Waals surface area contributed by atoms with Crippen LogP contribution in [0, 0.1) is 5.82 Å². The van der Waals surface area contributed by atoms with Crippen LogP contribution in [-0.2, 0) is 13.1 Å². The van der Waals surface area contributed by atoms with Crippen LogP contribution >= 0.6 is 12.4 Å². The van der Waals surface area contributed by atoms with E-state index in [0.29, 0.717) is 23.8 Å². The highest BCUT2D eigenvalue weighted by Crippen LogP contribution is 2.22. The van der Waals surface area contributed by atoms with Crippen molar-refractivity contribution in [2.45, 2.75) is 26.1 Å². The molecule has 0 aliphatic rings. The number of nitrogens with two attached hydrogens (primary N) is 1. The Hall–Kier alpha value is -1.50. The molecule has 0 amide bonds. The Morgan fingerprint density at radius 3 is 2.70 bits per heavy atom. The number of nitrogens with zero attached hydrogens (tertiary/aromatic N) is 3. The third-order valence-corrected chi connectivity index (χ3v) is 3.09. The van der Waals surface area contributed by atoms with Gasteiger partial charge in [0.25, 0.3) is 0 Å². The Kier molecular flexibility index (Phi) is 6.06. The first-order valence-corrected chi connectivity index (χ1v) is 6.08. The number of hydrogen-bond donors (Lipinski definition) is 1. The molecule has 1 unspecified atom stereocenters. The van der Waals surface area contributed by atoms with Crippen LogP contribution in [0.25, 0.3) is 0 Å². The molecule has 1 aromatic heterocycles. The highest BCUT2D eigenvalue weighted by molar-refractivity contribution is 5.85. The van der Waals surface area contributed by atoms with Crippen molar-refractivity contribution < 1.29 is 8.91 Å². The second-order valence-corrected chi connectivity index (χ2v) is 4.42. The lowest BCUT2D eigenvalue weighted by molar-refractivity contribution is 0.237. The van der Waals surface area contributed by atoms with Gasteiger partial charge in [-0.25, -0.2) is 4.39 Å². The van der Waals surface area contributed by atoms with Gasteiger partial charge in [0.1, 0.15) is 5.82 Å². The predicted octanol–water partition coefficient (Wildman–Crippen LogP) is 2.28. The minimum absolute atomic E-state index is 0. The molecule has 0 radical (unpaired) electrons. The van der Waals surface area contributed by atoms with Crippen LogP contribution in [0.15, 0.2) is 28.8 Å². The van der Waals surface area contributed by atoms with Crippen molar-refractivity contribution in [2.75, 3.05) is 7.05 Å². The number of hydrogen-bond acceptors (Lipinski definition) is 5. The Morgan fingerprint density at radius 2 is 2.10 bits per heavy atom. The van der Waals surface area contributed by atoms with E-state index in [9.17, 15) is 4.39 Å². The molecule has 1 atom stereocenters. The number of rotatable bonds is 5. The van der Waals surface area contributed by atoms with Gasteiger partial charge in [0.2, 0.25) is 5.89 Å². The lowest BCUT2D eigenvalue weighted by Crippen LogP contribution is -2.23. The molecule has 0 fully saturated rings. The first-order chi connectivity index (χ1) is 9.11. The molecule has 1 aromatic carbocycles. The molecule has 2 aromatic rings. The lowest BCUT2D eigenvalue weighted by Gasteiger charge is -2.23. The van der Waals surface area contributed by atoms with Crippen LogP contribution in [-0.4, -0.2) is 22.1 Å². The minimum Gasteiger partial charge on any atom is -0.338 e. The lowest BCUT2D eigenvalue weighted by atomic mass is 10.1. The topological polar surface area (TPSA) is 68.2 Å². The van der Waals surface area contributed by atoms with Crippen LogP contribution in [0.1, 0.15) is 30.2 Å². The van der Waals surface area contributed by atoms with E-state index in [2.05, 4.69) is 10.1 Å². The molecule has 0 saturated carbocycles. The van der Waals surface area contributed by atoms with Gasteiger partial charge in [-0.2, -0.15) is 4.98 Å². The van der Waals surface area contributed by atoms with Gasteiger partial charge in [-0.1, -0.05) is 23.4 Å². The van der Waals surface area contributed by atoms with Gasteiger partial charge in [-0.05, 0) is 20.0 Å². The van der Waals surface area contributed by atoms with E-state index in [4.69, 9.17) is 10.3 Å². The van der Waals surface area contributed by atoms with Crippen LogP contribution in [0.5, 0.6) is 0 Å². The first-order valence-electron chi connectivity index (χ1n) is 6.08. The molecule has 0 bridgehead atoms. The van der Waals surface area contributed by atoms with Crippen molar-refractivity contribution in [1.82, 2.24) is 15.0 Å². The van der Waals surface area contributed by atoms with E-state index in [0.717, 1.165) is 0 Å². The molecule has 2 rings (SSSR count). The van der Waals surface area contributed by atoms with Crippen molar-refractivity contribution in [3.8, 4) is 0 Å². The molecule has 20 heavy (non-hydrogen) atoms. The van der Waals surface area contributed by atoms with Gasteiger partial charge in [-0.15, -0.1) is 12.4 Å². The molecular weight excluding hydrogens is 283 g/mol. The molecular formula is C13H18ClFN4O. The fourth-order valence-corrected chi connectivity index (χ4v) is 1.85. The normalized spacial score (nSPS) is 12.2. The minimum atomic E-state index is -0.211. The maximum atomic E-state index is 13.7. The molecule has 0 spiro atoms. The third-order valence-electron chi connectivity index (χ3n) is 3.09.